The number of carbonyl (C=O) groups is 1. The Labute approximate surface area is 168 Å². The van der Waals surface area contributed by atoms with Crippen LogP contribution in [0.25, 0.3) is 0 Å². The fourth-order valence-electron chi connectivity index (χ4n) is 7.05. The molecule has 6 rings (SSSR count). The molecule has 28 heavy (non-hydrogen) atoms. The molecule has 158 valence electrons. The van der Waals surface area contributed by atoms with Gasteiger partial charge in [-0.05, 0) is 61.7 Å². The molecule has 6 fully saturated rings. The van der Waals surface area contributed by atoms with E-state index in [0.29, 0.717) is 58.9 Å². The predicted molar refractivity (Wildman–Crippen MR) is 105 cm³/mol. The first-order valence-corrected chi connectivity index (χ1v) is 12.4. The van der Waals surface area contributed by atoms with E-state index in [4.69, 9.17) is 4.74 Å². The number of morpholine rings is 1. The molecule has 4 bridgehead atoms. The summed E-state index contributed by atoms with van der Waals surface area (Å²) < 4.78 is 34.0. The lowest BCUT2D eigenvalue weighted by Crippen LogP contribution is -2.56. The Balaban J connectivity index is 1.17. The van der Waals surface area contributed by atoms with Gasteiger partial charge in [-0.25, -0.2) is 0 Å². The molecule has 0 atom stereocenters. The van der Waals surface area contributed by atoms with Gasteiger partial charge in [-0.1, -0.05) is 0 Å². The number of rotatable bonds is 4. The van der Waals surface area contributed by atoms with Crippen molar-refractivity contribution in [2.24, 2.45) is 23.2 Å². The van der Waals surface area contributed by atoms with E-state index in [1.807, 2.05) is 4.90 Å². The van der Waals surface area contributed by atoms with Gasteiger partial charge in [-0.15, -0.1) is 0 Å². The van der Waals surface area contributed by atoms with Crippen molar-refractivity contribution in [2.75, 3.05) is 52.5 Å². The van der Waals surface area contributed by atoms with E-state index in [0.717, 1.165) is 17.8 Å². The summed E-state index contributed by atoms with van der Waals surface area (Å²) in [5.74, 6) is 2.82. The molecule has 6 aliphatic rings. The molecule has 2 aliphatic heterocycles. The van der Waals surface area contributed by atoms with E-state index < -0.39 is 10.2 Å². The van der Waals surface area contributed by atoms with Gasteiger partial charge in [0.2, 0.25) is 5.91 Å². The molecule has 1 amide bonds. The zero-order chi connectivity index (χ0) is 19.4. The zero-order valence-electron chi connectivity index (χ0n) is 16.7. The second kappa shape index (κ2) is 7.22. The Hall–Kier alpha value is -0.700. The van der Waals surface area contributed by atoms with E-state index in [1.54, 1.807) is 4.31 Å². The highest BCUT2D eigenvalue weighted by Gasteiger charge is 2.51. The van der Waals surface area contributed by atoms with Crippen molar-refractivity contribution in [3.05, 3.63) is 0 Å². The van der Waals surface area contributed by atoms with Crippen LogP contribution < -0.4 is 0 Å². The van der Waals surface area contributed by atoms with Crippen molar-refractivity contribution < 1.29 is 17.9 Å². The van der Waals surface area contributed by atoms with Crippen molar-refractivity contribution in [3.8, 4) is 0 Å². The third-order valence-corrected chi connectivity index (χ3v) is 9.94. The van der Waals surface area contributed by atoms with Crippen molar-refractivity contribution in [3.63, 3.8) is 0 Å². The maximum Gasteiger partial charge on any atom is 0.282 e. The number of ether oxygens (including phenoxy) is 1. The molecule has 4 saturated carbocycles. The third kappa shape index (κ3) is 3.50. The second-order valence-electron chi connectivity index (χ2n) is 9.89. The minimum atomic E-state index is -3.43. The van der Waals surface area contributed by atoms with Gasteiger partial charge in [0, 0.05) is 45.7 Å². The summed E-state index contributed by atoms with van der Waals surface area (Å²) in [5.41, 5.74) is 0.253. The van der Waals surface area contributed by atoms with Crippen LogP contribution in [-0.2, 0) is 19.7 Å². The van der Waals surface area contributed by atoms with Gasteiger partial charge in [-0.2, -0.15) is 17.0 Å². The van der Waals surface area contributed by atoms with Crippen LogP contribution >= 0.6 is 0 Å². The molecular formula is C20H33N3O4S. The number of hydrogen-bond acceptors (Lipinski definition) is 4. The van der Waals surface area contributed by atoms with Crippen LogP contribution in [0.2, 0.25) is 0 Å². The molecule has 8 heteroatoms. The van der Waals surface area contributed by atoms with Crippen LogP contribution in [0.3, 0.4) is 0 Å². The van der Waals surface area contributed by atoms with E-state index in [1.165, 1.54) is 42.8 Å². The summed E-state index contributed by atoms with van der Waals surface area (Å²) in [4.78, 5) is 15.0. The zero-order valence-corrected chi connectivity index (χ0v) is 17.5. The van der Waals surface area contributed by atoms with Gasteiger partial charge in [0.25, 0.3) is 10.2 Å². The number of amides is 1. The summed E-state index contributed by atoms with van der Waals surface area (Å²) in [7, 11) is -3.43. The number of nitrogens with zero attached hydrogens (tertiary/aromatic N) is 3. The van der Waals surface area contributed by atoms with Crippen molar-refractivity contribution >= 4 is 16.1 Å². The lowest BCUT2D eigenvalue weighted by Gasteiger charge is -2.57. The Morgan fingerprint density at radius 2 is 1.32 bits per heavy atom. The topological polar surface area (TPSA) is 70.2 Å². The summed E-state index contributed by atoms with van der Waals surface area (Å²) in [5, 5.41) is 0. The normalized spacial score (nSPS) is 39.4. The second-order valence-corrected chi connectivity index (χ2v) is 11.8. The fraction of sp³-hybridized carbons (Fsp3) is 0.950. The van der Waals surface area contributed by atoms with Crippen LogP contribution in [0, 0.1) is 23.2 Å². The summed E-state index contributed by atoms with van der Waals surface area (Å²) in [6.07, 6.45) is 8.61. The van der Waals surface area contributed by atoms with Gasteiger partial charge in [-0.3, -0.25) is 4.79 Å². The average Bonchev–Trinajstić information content (AvgIpc) is 2.67. The molecule has 2 saturated heterocycles. The molecule has 2 heterocycles. The largest absolute Gasteiger partial charge is 0.379 e. The SMILES string of the molecule is O=C(CC12CC3CC(CC(C3)C1)C2)N1CCN(S(=O)(=O)N2CCOCC2)CC1. The Kier molecular flexibility index (Phi) is 4.97. The summed E-state index contributed by atoms with van der Waals surface area (Å²) >= 11 is 0. The van der Waals surface area contributed by atoms with E-state index in [2.05, 4.69) is 0 Å². The van der Waals surface area contributed by atoms with Crippen LogP contribution in [0.4, 0.5) is 0 Å². The highest BCUT2D eigenvalue weighted by Crippen LogP contribution is 2.61. The standard InChI is InChI=1S/C20H33N3O4S/c24-19(15-20-12-16-9-17(13-20)11-18(10-16)14-20)21-1-3-22(4-2-21)28(25,26)23-5-7-27-8-6-23/h16-18H,1-15H2. The lowest BCUT2D eigenvalue weighted by molar-refractivity contribution is -0.140. The number of carbonyl (C=O) groups excluding carboxylic acids is 1. The minimum absolute atomic E-state index is 0.253. The average molecular weight is 412 g/mol. The summed E-state index contributed by atoms with van der Waals surface area (Å²) in [6.45, 7) is 3.63. The van der Waals surface area contributed by atoms with E-state index in [9.17, 15) is 13.2 Å². The van der Waals surface area contributed by atoms with Crippen molar-refractivity contribution in [1.82, 2.24) is 13.5 Å². The first kappa shape index (κ1) is 19.3. The predicted octanol–water partition coefficient (Wildman–Crippen LogP) is 1.31. The summed E-state index contributed by atoms with van der Waals surface area (Å²) in [6, 6.07) is 0. The first-order chi connectivity index (χ1) is 13.4. The van der Waals surface area contributed by atoms with Gasteiger partial charge in [0.15, 0.2) is 0 Å². The maximum atomic E-state index is 13.1. The van der Waals surface area contributed by atoms with Gasteiger partial charge >= 0.3 is 0 Å². The monoisotopic (exact) mass is 411 g/mol. The van der Waals surface area contributed by atoms with Crippen LogP contribution in [0.15, 0.2) is 0 Å². The smallest absolute Gasteiger partial charge is 0.282 e. The highest BCUT2D eigenvalue weighted by molar-refractivity contribution is 7.86. The number of hydrogen-bond donors (Lipinski definition) is 0. The maximum absolute atomic E-state index is 13.1. The molecule has 0 radical (unpaired) electrons. The lowest BCUT2D eigenvalue weighted by atomic mass is 9.49. The highest BCUT2D eigenvalue weighted by atomic mass is 32.2. The van der Waals surface area contributed by atoms with Crippen molar-refractivity contribution in [1.29, 1.82) is 0 Å². The van der Waals surface area contributed by atoms with Gasteiger partial charge in [0.1, 0.15) is 0 Å². The van der Waals surface area contributed by atoms with E-state index >= 15 is 0 Å². The molecule has 7 nitrogen and oxygen atoms in total. The molecule has 0 aromatic heterocycles. The van der Waals surface area contributed by atoms with E-state index in [-0.39, 0.29) is 11.3 Å². The fourth-order valence-corrected chi connectivity index (χ4v) is 8.61. The first-order valence-electron chi connectivity index (χ1n) is 11.0. The minimum Gasteiger partial charge on any atom is -0.379 e. The van der Waals surface area contributed by atoms with Crippen molar-refractivity contribution in [2.45, 2.75) is 44.9 Å². The molecule has 0 N–H and O–H groups in total. The molecule has 0 spiro atoms. The van der Waals surface area contributed by atoms with Crippen LogP contribution in [0.5, 0.6) is 0 Å². The molecular weight excluding hydrogens is 378 g/mol. The Bertz CT molecular complexity index is 676. The quantitative estimate of drug-likeness (QED) is 0.700. The van der Waals surface area contributed by atoms with Gasteiger partial charge in [0.05, 0.1) is 13.2 Å². The molecule has 0 unspecified atom stereocenters. The number of piperazine rings is 1. The Morgan fingerprint density at radius 3 is 1.86 bits per heavy atom. The molecule has 0 aromatic carbocycles. The van der Waals surface area contributed by atoms with Gasteiger partial charge < -0.3 is 9.64 Å². The third-order valence-electron chi connectivity index (χ3n) is 7.91. The van der Waals surface area contributed by atoms with Crippen LogP contribution in [0.1, 0.15) is 44.9 Å². The van der Waals surface area contributed by atoms with Crippen LogP contribution in [-0.4, -0.2) is 80.3 Å². The molecule has 4 aliphatic carbocycles. The molecule has 0 aromatic rings. The Morgan fingerprint density at radius 1 is 0.821 bits per heavy atom.